The SMILES string of the molecule is COC(C)(C)CCOCC(N)(C(N)=O)c1ccccc1. The second-order valence-corrected chi connectivity index (χ2v) is 5.47. The minimum absolute atomic E-state index is 0.0478. The van der Waals surface area contributed by atoms with Crippen LogP contribution in [-0.2, 0) is 19.8 Å². The number of amides is 1. The fourth-order valence-corrected chi connectivity index (χ4v) is 1.69. The number of primary amides is 1. The molecule has 0 radical (unpaired) electrons. The summed E-state index contributed by atoms with van der Waals surface area (Å²) in [5.74, 6) is -0.602. The van der Waals surface area contributed by atoms with Crippen molar-refractivity contribution in [1.82, 2.24) is 0 Å². The first-order valence-corrected chi connectivity index (χ1v) is 6.59. The smallest absolute Gasteiger partial charge is 0.244 e. The van der Waals surface area contributed by atoms with Crippen LogP contribution in [0.3, 0.4) is 0 Å². The number of ether oxygens (including phenoxy) is 2. The van der Waals surface area contributed by atoms with Gasteiger partial charge in [-0.1, -0.05) is 30.3 Å². The van der Waals surface area contributed by atoms with Crippen LogP contribution in [0.1, 0.15) is 25.8 Å². The summed E-state index contributed by atoms with van der Waals surface area (Å²) in [6.07, 6.45) is 0.702. The number of carbonyl (C=O) groups is 1. The van der Waals surface area contributed by atoms with Gasteiger partial charge in [0.15, 0.2) is 0 Å². The summed E-state index contributed by atoms with van der Waals surface area (Å²) in [6.45, 7) is 4.43. The van der Waals surface area contributed by atoms with Crippen LogP contribution in [0.2, 0.25) is 0 Å². The zero-order chi connectivity index (χ0) is 15.2. The Kier molecular flexibility index (Phi) is 5.68. The van der Waals surface area contributed by atoms with Crippen LogP contribution >= 0.6 is 0 Å². The lowest BCUT2D eigenvalue weighted by Gasteiger charge is -2.28. The standard InChI is InChI=1S/C15H24N2O3/c1-14(2,19-3)9-10-20-11-15(17,13(16)18)12-7-5-4-6-8-12/h4-8H,9-11,17H2,1-3H3,(H2,16,18). The highest BCUT2D eigenvalue weighted by molar-refractivity contribution is 5.86. The minimum Gasteiger partial charge on any atom is -0.379 e. The van der Waals surface area contributed by atoms with E-state index in [2.05, 4.69) is 0 Å². The summed E-state index contributed by atoms with van der Waals surface area (Å²) in [6, 6.07) is 9.02. The Morgan fingerprint density at radius 3 is 2.35 bits per heavy atom. The number of benzene rings is 1. The highest BCUT2D eigenvalue weighted by atomic mass is 16.5. The average Bonchev–Trinajstić information content (AvgIpc) is 2.44. The van der Waals surface area contributed by atoms with Crippen molar-refractivity contribution in [2.45, 2.75) is 31.4 Å². The van der Waals surface area contributed by atoms with E-state index in [1.54, 1.807) is 19.2 Å². The summed E-state index contributed by atoms with van der Waals surface area (Å²) in [5.41, 5.74) is 10.6. The van der Waals surface area contributed by atoms with Crippen LogP contribution in [0, 0.1) is 0 Å². The second-order valence-electron chi connectivity index (χ2n) is 5.47. The van der Waals surface area contributed by atoms with Crippen molar-refractivity contribution < 1.29 is 14.3 Å². The molecule has 20 heavy (non-hydrogen) atoms. The van der Waals surface area contributed by atoms with Gasteiger partial charge in [0.05, 0.1) is 12.2 Å². The normalized spacial score (nSPS) is 14.8. The van der Waals surface area contributed by atoms with Gasteiger partial charge in [-0.25, -0.2) is 0 Å². The van der Waals surface area contributed by atoms with Crippen molar-refractivity contribution in [3.05, 3.63) is 35.9 Å². The van der Waals surface area contributed by atoms with Gasteiger partial charge in [-0.3, -0.25) is 4.79 Å². The Balaban J connectivity index is 2.63. The lowest BCUT2D eigenvalue weighted by Crippen LogP contribution is -2.52. The lowest BCUT2D eigenvalue weighted by molar-refractivity contribution is -0.126. The molecule has 1 unspecified atom stereocenters. The van der Waals surface area contributed by atoms with Gasteiger partial charge in [-0.15, -0.1) is 0 Å². The van der Waals surface area contributed by atoms with Gasteiger partial charge in [0.1, 0.15) is 5.54 Å². The lowest BCUT2D eigenvalue weighted by atomic mass is 9.91. The van der Waals surface area contributed by atoms with E-state index in [9.17, 15) is 4.79 Å². The van der Waals surface area contributed by atoms with Gasteiger partial charge < -0.3 is 20.9 Å². The molecule has 0 fully saturated rings. The van der Waals surface area contributed by atoms with E-state index in [-0.39, 0.29) is 12.2 Å². The monoisotopic (exact) mass is 280 g/mol. The third-order valence-electron chi connectivity index (χ3n) is 3.46. The van der Waals surface area contributed by atoms with Crippen molar-refractivity contribution in [3.63, 3.8) is 0 Å². The molecule has 1 rings (SSSR count). The van der Waals surface area contributed by atoms with E-state index < -0.39 is 11.4 Å². The molecule has 0 saturated carbocycles. The first-order valence-electron chi connectivity index (χ1n) is 6.59. The second kappa shape index (κ2) is 6.83. The molecule has 5 heteroatoms. The minimum atomic E-state index is -1.31. The maximum absolute atomic E-state index is 11.7. The van der Waals surface area contributed by atoms with Crippen molar-refractivity contribution in [1.29, 1.82) is 0 Å². The predicted octanol–water partition coefficient (Wildman–Crippen LogP) is 1.16. The third kappa shape index (κ3) is 4.30. The van der Waals surface area contributed by atoms with Crippen molar-refractivity contribution >= 4 is 5.91 Å². The maximum Gasteiger partial charge on any atom is 0.244 e. The number of hydrogen-bond acceptors (Lipinski definition) is 4. The largest absolute Gasteiger partial charge is 0.379 e. The van der Waals surface area contributed by atoms with Crippen LogP contribution in [0.15, 0.2) is 30.3 Å². The number of nitrogens with two attached hydrogens (primary N) is 2. The zero-order valence-electron chi connectivity index (χ0n) is 12.4. The van der Waals surface area contributed by atoms with Crippen LogP contribution in [-0.4, -0.2) is 31.8 Å². The van der Waals surface area contributed by atoms with Crippen molar-refractivity contribution in [3.8, 4) is 0 Å². The fraction of sp³-hybridized carbons (Fsp3) is 0.533. The molecule has 0 saturated heterocycles. The Morgan fingerprint density at radius 2 is 1.85 bits per heavy atom. The van der Waals surface area contributed by atoms with E-state index in [0.29, 0.717) is 18.6 Å². The van der Waals surface area contributed by atoms with E-state index >= 15 is 0 Å². The van der Waals surface area contributed by atoms with E-state index in [4.69, 9.17) is 20.9 Å². The maximum atomic E-state index is 11.7. The summed E-state index contributed by atoms with van der Waals surface area (Å²) in [5, 5.41) is 0. The Morgan fingerprint density at radius 1 is 1.25 bits per heavy atom. The van der Waals surface area contributed by atoms with Gasteiger partial charge in [0, 0.05) is 13.7 Å². The number of hydrogen-bond donors (Lipinski definition) is 2. The Hall–Kier alpha value is -1.43. The number of rotatable bonds is 8. The molecule has 0 bridgehead atoms. The molecule has 4 N–H and O–H groups in total. The van der Waals surface area contributed by atoms with E-state index in [1.165, 1.54) is 0 Å². The fourth-order valence-electron chi connectivity index (χ4n) is 1.69. The van der Waals surface area contributed by atoms with E-state index in [0.717, 1.165) is 0 Å². The molecular weight excluding hydrogens is 256 g/mol. The van der Waals surface area contributed by atoms with E-state index in [1.807, 2.05) is 32.0 Å². The summed E-state index contributed by atoms with van der Waals surface area (Å²) in [7, 11) is 1.65. The van der Waals surface area contributed by atoms with Crippen LogP contribution < -0.4 is 11.5 Å². The molecule has 0 aromatic heterocycles. The zero-order valence-corrected chi connectivity index (χ0v) is 12.4. The molecule has 1 atom stereocenters. The summed E-state index contributed by atoms with van der Waals surface area (Å²) >= 11 is 0. The van der Waals surface area contributed by atoms with Gasteiger partial charge in [0.25, 0.3) is 0 Å². The molecule has 1 amide bonds. The topological polar surface area (TPSA) is 87.6 Å². The summed E-state index contributed by atoms with van der Waals surface area (Å²) < 4.78 is 10.8. The Bertz CT molecular complexity index is 434. The molecule has 1 aromatic rings. The number of methoxy groups -OCH3 is 1. The van der Waals surface area contributed by atoms with Crippen LogP contribution in [0.5, 0.6) is 0 Å². The van der Waals surface area contributed by atoms with Crippen molar-refractivity contribution in [2.24, 2.45) is 11.5 Å². The highest BCUT2D eigenvalue weighted by Gasteiger charge is 2.34. The summed E-state index contributed by atoms with van der Waals surface area (Å²) in [4.78, 5) is 11.7. The molecule has 0 spiro atoms. The average molecular weight is 280 g/mol. The van der Waals surface area contributed by atoms with Crippen LogP contribution in [0.4, 0.5) is 0 Å². The van der Waals surface area contributed by atoms with Gasteiger partial charge >= 0.3 is 0 Å². The molecule has 0 aliphatic rings. The molecule has 0 aliphatic carbocycles. The molecule has 5 nitrogen and oxygen atoms in total. The first-order chi connectivity index (χ1) is 9.32. The third-order valence-corrected chi connectivity index (χ3v) is 3.46. The molecule has 1 aromatic carbocycles. The quantitative estimate of drug-likeness (QED) is 0.699. The van der Waals surface area contributed by atoms with Gasteiger partial charge in [0.2, 0.25) is 5.91 Å². The van der Waals surface area contributed by atoms with Crippen molar-refractivity contribution in [2.75, 3.05) is 20.3 Å². The highest BCUT2D eigenvalue weighted by Crippen LogP contribution is 2.19. The first kappa shape index (κ1) is 16.6. The molecular formula is C15H24N2O3. The molecule has 0 aliphatic heterocycles. The predicted molar refractivity (Wildman–Crippen MR) is 78.0 cm³/mol. The number of carbonyl (C=O) groups excluding carboxylic acids is 1. The Labute approximate surface area is 120 Å². The molecule has 0 heterocycles. The van der Waals surface area contributed by atoms with Crippen LogP contribution in [0.25, 0.3) is 0 Å². The molecule has 112 valence electrons. The van der Waals surface area contributed by atoms with Gasteiger partial charge in [-0.2, -0.15) is 0 Å². The van der Waals surface area contributed by atoms with Gasteiger partial charge in [-0.05, 0) is 25.8 Å².